The van der Waals surface area contributed by atoms with Crippen LogP contribution in [0.2, 0.25) is 0 Å². The lowest BCUT2D eigenvalue weighted by atomic mass is 10.2. The van der Waals surface area contributed by atoms with Crippen LogP contribution in [0, 0.1) is 0 Å². The van der Waals surface area contributed by atoms with Crippen LogP contribution in [-0.2, 0) is 0 Å². The van der Waals surface area contributed by atoms with Crippen molar-refractivity contribution in [3.05, 3.63) is 24.0 Å². The van der Waals surface area contributed by atoms with Gasteiger partial charge in [-0.1, -0.05) is 5.16 Å². The second-order valence-corrected chi connectivity index (χ2v) is 3.81. The number of ether oxygens (including phenoxy) is 2. The Bertz CT molecular complexity index is 537. The molecule has 2 N–H and O–H groups in total. The van der Waals surface area contributed by atoms with Crippen molar-refractivity contribution < 1.29 is 14.0 Å². The molecular formula is C12H15N3O3. The van der Waals surface area contributed by atoms with Gasteiger partial charge in [0.15, 0.2) is 5.82 Å². The first kappa shape index (κ1) is 12.4. The topological polar surface area (TPSA) is 83.4 Å². The highest BCUT2D eigenvalue weighted by atomic mass is 16.5. The van der Waals surface area contributed by atoms with Crippen molar-refractivity contribution in [3.8, 4) is 23.0 Å². The molecule has 1 aromatic heterocycles. The highest BCUT2D eigenvalue weighted by Gasteiger charge is 2.16. The first-order valence-electron chi connectivity index (χ1n) is 5.47. The van der Waals surface area contributed by atoms with E-state index < -0.39 is 0 Å². The van der Waals surface area contributed by atoms with Crippen LogP contribution in [0.3, 0.4) is 0 Å². The number of benzene rings is 1. The van der Waals surface area contributed by atoms with E-state index in [1.54, 1.807) is 39.3 Å². The van der Waals surface area contributed by atoms with E-state index in [9.17, 15) is 0 Å². The zero-order valence-corrected chi connectivity index (χ0v) is 10.5. The maximum atomic E-state index is 5.69. The quantitative estimate of drug-likeness (QED) is 0.889. The van der Waals surface area contributed by atoms with Crippen molar-refractivity contribution in [2.75, 3.05) is 14.2 Å². The van der Waals surface area contributed by atoms with E-state index in [1.807, 2.05) is 0 Å². The number of nitrogens with two attached hydrogens (primary N) is 1. The molecule has 0 aliphatic carbocycles. The molecule has 0 radical (unpaired) electrons. The Morgan fingerprint density at radius 3 is 2.61 bits per heavy atom. The first-order valence-corrected chi connectivity index (χ1v) is 5.47. The Hall–Kier alpha value is -2.08. The van der Waals surface area contributed by atoms with Gasteiger partial charge in [-0.05, 0) is 25.1 Å². The standard InChI is InChI=1S/C12H15N3O3/c1-7(13)11-14-12(18-15-11)9-6-8(16-2)4-5-10(9)17-3/h4-7H,13H2,1-3H3. The highest BCUT2D eigenvalue weighted by Crippen LogP contribution is 2.32. The van der Waals surface area contributed by atoms with E-state index in [1.165, 1.54) is 0 Å². The maximum Gasteiger partial charge on any atom is 0.261 e. The molecule has 6 nitrogen and oxygen atoms in total. The predicted octanol–water partition coefficient (Wildman–Crippen LogP) is 1.77. The number of nitrogens with zero attached hydrogens (tertiary/aromatic N) is 2. The molecule has 1 unspecified atom stereocenters. The first-order chi connectivity index (χ1) is 8.65. The molecule has 0 saturated heterocycles. The van der Waals surface area contributed by atoms with Gasteiger partial charge >= 0.3 is 0 Å². The van der Waals surface area contributed by atoms with Crippen LogP contribution in [0.4, 0.5) is 0 Å². The molecule has 0 aliphatic rings. The summed E-state index contributed by atoms with van der Waals surface area (Å²) >= 11 is 0. The summed E-state index contributed by atoms with van der Waals surface area (Å²) in [6.07, 6.45) is 0. The van der Waals surface area contributed by atoms with E-state index in [0.717, 1.165) is 0 Å². The molecule has 1 heterocycles. The average molecular weight is 249 g/mol. The number of hydrogen-bond donors (Lipinski definition) is 1. The van der Waals surface area contributed by atoms with Gasteiger partial charge in [-0.3, -0.25) is 0 Å². The fraction of sp³-hybridized carbons (Fsp3) is 0.333. The summed E-state index contributed by atoms with van der Waals surface area (Å²) in [5.74, 6) is 2.13. The largest absolute Gasteiger partial charge is 0.497 e. The lowest BCUT2D eigenvalue weighted by molar-refractivity contribution is 0.394. The van der Waals surface area contributed by atoms with Gasteiger partial charge in [0.1, 0.15) is 11.5 Å². The molecule has 2 aromatic rings. The molecule has 18 heavy (non-hydrogen) atoms. The third kappa shape index (κ3) is 2.28. The van der Waals surface area contributed by atoms with Gasteiger partial charge in [-0.15, -0.1) is 0 Å². The Kier molecular flexibility index (Phi) is 3.47. The minimum absolute atomic E-state index is 0.279. The third-order valence-electron chi connectivity index (χ3n) is 2.49. The van der Waals surface area contributed by atoms with Crippen LogP contribution < -0.4 is 15.2 Å². The lowest BCUT2D eigenvalue weighted by Crippen LogP contribution is -2.06. The molecule has 0 saturated carbocycles. The van der Waals surface area contributed by atoms with Crippen molar-refractivity contribution in [2.24, 2.45) is 5.73 Å². The van der Waals surface area contributed by atoms with Gasteiger partial charge in [-0.2, -0.15) is 4.98 Å². The summed E-state index contributed by atoms with van der Waals surface area (Å²) in [6.45, 7) is 1.79. The maximum absolute atomic E-state index is 5.69. The van der Waals surface area contributed by atoms with Gasteiger partial charge in [-0.25, -0.2) is 0 Å². The molecule has 1 atom stereocenters. The summed E-state index contributed by atoms with van der Waals surface area (Å²) < 4.78 is 15.6. The van der Waals surface area contributed by atoms with Crippen molar-refractivity contribution in [1.29, 1.82) is 0 Å². The van der Waals surface area contributed by atoms with Crippen molar-refractivity contribution in [1.82, 2.24) is 10.1 Å². The van der Waals surface area contributed by atoms with Gasteiger partial charge in [0.05, 0.1) is 25.8 Å². The molecule has 2 rings (SSSR count). The SMILES string of the molecule is COc1ccc(OC)c(-c2nc(C(C)N)no2)c1. The Morgan fingerprint density at radius 2 is 2.06 bits per heavy atom. The Morgan fingerprint density at radius 1 is 1.28 bits per heavy atom. The van der Waals surface area contributed by atoms with Gasteiger partial charge < -0.3 is 19.7 Å². The van der Waals surface area contributed by atoms with Crippen molar-refractivity contribution >= 4 is 0 Å². The number of methoxy groups -OCH3 is 2. The third-order valence-corrected chi connectivity index (χ3v) is 2.49. The minimum Gasteiger partial charge on any atom is -0.497 e. The van der Waals surface area contributed by atoms with E-state index in [-0.39, 0.29) is 6.04 Å². The molecule has 0 spiro atoms. The molecule has 0 bridgehead atoms. The van der Waals surface area contributed by atoms with E-state index in [0.29, 0.717) is 28.8 Å². The summed E-state index contributed by atoms with van der Waals surface area (Å²) in [6, 6.07) is 5.07. The summed E-state index contributed by atoms with van der Waals surface area (Å²) in [4.78, 5) is 4.23. The second kappa shape index (κ2) is 5.05. The highest BCUT2D eigenvalue weighted by molar-refractivity contribution is 5.65. The van der Waals surface area contributed by atoms with Crippen LogP contribution in [0.1, 0.15) is 18.8 Å². The van der Waals surface area contributed by atoms with Gasteiger partial charge in [0.2, 0.25) is 0 Å². The van der Waals surface area contributed by atoms with Crippen LogP contribution in [-0.4, -0.2) is 24.4 Å². The minimum atomic E-state index is -0.279. The molecule has 0 aliphatic heterocycles. The molecule has 96 valence electrons. The summed E-state index contributed by atoms with van der Waals surface area (Å²) in [7, 11) is 3.17. The Balaban J connectivity index is 2.46. The van der Waals surface area contributed by atoms with Crippen LogP contribution in [0.15, 0.2) is 22.7 Å². The van der Waals surface area contributed by atoms with Gasteiger partial charge in [0, 0.05) is 0 Å². The van der Waals surface area contributed by atoms with Crippen LogP contribution in [0.25, 0.3) is 11.5 Å². The number of rotatable bonds is 4. The zero-order valence-electron chi connectivity index (χ0n) is 10.5. The smallest absolute Gasteiger partial charge is 0.261 e. The lowest BCUT2D eigenvalue weighted by Gasteiger charge is -2.06. The second-order valence-electron chi connectivity index (χ2n) is 3.81. The predicted molar refractivity (Wildman–Crippen MR) is 65.4 cm³/mol. The molecule has 1 aromatic carbocycles. The number of hydrogen-bond acceptors (Lipinski definition) is 6. The molecular weight excluding hydrogens is 234 g/mol. The average Bonchev–Trinajstić information content (AvgIpc) is 2.87. The summed E-state index contributed by atoms with van der Waals surface area (Å²) in [5, 5.41) is 3.82. The summed E-state index contributed by atoms with van der Waals surface area (Å²) in [5.41, 5.74) is 6.37. The molecule has 6 heteroatoms. The van der Waals surface area contributed by atoms with Crippen LogP contribution in [0.5, 0.6) is 11.5 Å². The zero-order chi connectivity index (χ0) is 13.1. The van der Waals surface area contributed by atoms with E-state index in [4.69, 9.17) is 19.7 Å². The van der Waals surface area contributed by atoms with Crippen molar-refractivity contribution in [2.45, 2.75) is 13.0 Å². The van der Waals surface area contributed by atoms with E-state index in [2.05, 4.69) is 10.1 Å². The fourth-order valence-electron chi connectivity index (χ4n) is 1.51. The monoisotopic (exact) mass is 249 g/mol. The Labute approximate surface area is 105 Å². The van der Waals surface area contributed by atoms with Crippen LogP contribution >= 0.6 is 0 Å². The molecule has 0 fully saturated rings. The number of aromatic nitrogens is 2. The normalized spacial score (nSPS) is 12.2. The van der Waals surface area contributed by atoms with Gasteiger partial charge in [0.25, 0.3) is 5.89 Å². The fourth-order valence-corrected chi connectivity index (χ4v) is 1.51. The molecule has 0 amide bonds. The van der Waals surface area contributed by atoms with E-state index >= 15 is 0 Å². The van der Waals surface area contributed by atoms with Crippen molar-refractivity contribution in [3.63, 3.8) is 0 Å².